The number of rotatable bonds is 5. The lowest BCUT2D eigenvalue weighted by Gasteiger charge is -2.18. The lowest BCUT2D eigenvalue weighted by molar-refractivity contribution is -0.150. The summed E-state index contributed by atoms with van der Waals surface area (Å²) in [5, 5.41) is 9.52. The molecule has 1 N–H and O–H groups in total. The van der Waals surface area contributed by atoms with Crippen LogP contribution in [0.4, 0.5) is 0 Å². The Morgan fingerprint density at radius 2 is 2.06 bits per heavy atom. The van der Waals surface area contributed by atoms with Crippen molar-refractivity contribution in [3.63, 3.8) is 0 Å². The van der Waals surface area contributed by atoms with Crippen molar-refractivity contribution < 1.29 is 14.6 Å². The van der Waals surface area contributed by atoms with Gasteiger partial charge in [0.15, 0.2) is 0 Å². The van der Waals surface area contributed by atoms with Crippen LogP contribution in [-0.4, -0.2) is 17.7 Å². The largest absolute Gasteiger partial charge is 0.481 e. The average molecular weight is 243 g/mol. The van der Waals surface area contributed by atoms with Gasteiger partial charge in [-0.05, 0) is 25.5 Å². The molecule has 3 nitrogen and oxygen atoms in total. The van der Waals surface area contributed by atoms with E-state index in [-0.39, 0.29) is 6.61 Å². The Balaban J connectivity index is 2.48. The molecule has 0 amide bonds. The number of hydrogen-bond acceptors (Lipinski definition) is 2. The van der Waals surface area contributed by atoms with Crippen molar-refractivity contribution in [2.75, 3.05) is 6.61 Å². The molecule has 0 aromatic heterocycles. The zero-order valence-electron chi connectivity index (χ0n) is 9.37. The molecule has 0 aliphatic carbocycles. The summed E-state index contributed by atoms with van der Waals surface area (Å²) < 4.78 is 5.36. The van der Waals surface area contributed by atoms with Crippen molar-refractivity contribution >= 4 is 17.6 Å². The number of carboxylic acids is 1. The first-order valence-electron chi connectivity index (χ1n) is 4.98. The third-order valence-corrected chi connectivity index (χ3v) is 2.63. The van der Waals surface area contributed by atoms with Gasteiger partial charge in [-0.15, -0.1) is 0 Å². The summed E-state index contributed by atoms with van der Waals surface area (Å²) in [4.78, 5) is 10.8. The second-order valence-corrected chi connectivity index (χ2v) is 4.68. The van der Waals surface area contributed by atoms with E-state index in [4.69, 9.17) is 21.4 Å². The highest BCUT2D eigenvalue weighted by Gasteiger charge is 2.27. The van der Waals surface area contributed by atoms with E-state index < -0.39 is 11.4 Å². The van der Waals surface area contributed by atoms with Gasteiger partial charge in [-0.2, -0.15) is 0 Å². The molecule has 0 atom stereocenters. The van der Waals surface area contributed by atoms with Crippen molar-refractivity contribution in [2.24, 2.45) is 5.41 Å². The lowest BCUT2D eigenvalue weighted by Crippen LogP contribution is -2.29. The Hall–Kier alpha value is -1.06. The molecule has 1 aromatic carbocycles. The van der Waals surface area contributed by atoms with Crippen molar-refractivity contribution in [1.82, 2.24) is 0 Å². The lowest BCUT2D eigenvalue weighted by atomic mass is 9.95. The van der Waals surface area contributed by atoms with Crippen molar-refractivity contribution in [1.29, 1.82) is 0 Å². The smallest absolute Gasteiger partial charge is 0.311 e. The summed E-state index contributed by atoms with van der Waals surface area (Å²) in [7, 11) is 0. The fourth-order valence-corrected chi connectivity index (χ4v) is 1.28. The molecule has 1 aromatic rings. The number of ether oxygens (including phenoxy) is 1. The van der Waals surface area contributed by atoms with Gasteiger partial charge in [0.25, 0.3) is 0 Å². The number of halogens is 1. The van der Waals surface area contributed by atoms with E-state index in [2.05, 4.69) is 0 Å². The van der Waals surface area contributed by atoms with Gasteiger partial charge in [-0.25, -0.2) is 0 Å². The normalized spacial score (nSPS) is 11.4. The molecule has 1 rings (SSSR count). The first-order chi connectivity index (χ1) is 7.43. The SMILES string of the molecule is CC(C)(COCc1ccccc1Cl)C(=O)O. The maximum atomic E-state index is 10.8. The van der Waals surface area contributed by atoms with Crippen molar-refractivity contribution in [3.8, 4) is 0 Å². The van der Waals surface area contributed by atoms with E-state index in [9.17, 15) is 4.79 Å². The van der Waals surface area contributed by atoms with Crippen LogP contribution in [0.15, 0.2) is 24.3 Å². The van der Waals surface area contributed by atoms with Gasteiger partial charge < -0.3 is 9.84 Å². The Morgan fingerprint density at radius 3 is 2.62 bits per heavy atom. The monoisotopic (exact) mass is 242 g/mol. The fourth-order valence-electron chi connectivity index (χ4n) is 1.09. The van der Waals surface area contributed by atoms with E-state index in [1.54, 1.807) is 19.9 Å². The predicted molar refractivity (Wildman–Crippen MR) is 62.5 cm³/mol. The second kappa shape index (κ2) is 5.32. The Bertz CT molecular complexity index is 374. The molecule has 0 fully saturated rings. The first-order valence-corrected chi connectivity index (χ1v) is 5.36. The van der Waals surface area contributed by atoms with E-state index in [0.29, 0.717) is 11.6 Å². The zero-order valence-corrected chi connectivity index (χ0v) is 10.1. The minimum atomic E-state index is -0.874. The van der Waals surface area contributed by atoms with Crippen LogP contribution in [0, 0.1) is 5.41 Å². The number of hydrogen-bond donors (Lipinski definition) is 1. The minimum absolute atomic E-state index is 0.160. The molecular formula is C12H15ClO3. The zero-order chi connectivity index (χ0) is 12.2. The first kappa shape index (κ1) is 13.0. The van der Waals surface area contributed by atoms with E-state index in [1.807, 2.05) is 18.2 Å². The molecular weight excluding hydrogens is 228 g/mol. The van der Waals surface area contributed by atoms with Crippen LogP contribution in [-0.2, 0) is 16.1 Å². The summed E-state index contributed by atoms with van der Waals surface area (Å²) in [5.74, 6) is -0.869. The number of carbonyl (C=O) groups is 1. The Labute approximate surface area is 100.0 Å². The second-order valence-electron chi connectivity index (χ2n) is 4.27. The summed E-state index contributed by atoms with van der Waals surface area (Å²) in [6, 6.07) is 7.35. The standard InChI is InChI=1S/C12H15ClO3/c1-12(2,11(14)15)8-16-7-9-5-3-4-6-10(9)13/h3-6H,7-8H2,1-2H3,(H,14,15). The maximum absolute atomic E-state index is 10.8. The Morgan fingerprint density at radius 1 is 1.44 bits per heavy atom. The highest BCUT2D eigenvalue weighted by Crippen LogP contribution is 2.19. The maximum Gasteiger partial charge on any atom is 0.311 e. The third-order valence-electron chi connectivity index (χ3n) is 2.26. The van der Waals surface area contributed by atoms with Crippen LogP contribution in [0.25, 0.3) is 0 Å². The third kappa shape index (κ3) is 3.51. The molecule has 0 saturated heterocycles. The van der Waals surface area contributed by atoms with Gasteiger partial charge in [0.1, 0.15) is 0 Å². The summed E-state index contributed by atoms with van der Waals surface area (Å²) in [5.41, 5.74) is -0.00768. The van der Waals surface area contributed by atoms with Gasteiger partial charge in [0, 0.05) is 5.02 Å². The number of benzene rings is 1. The molecule has 0 radical (unpaired) electrons. The fraction of sp³-hybridized carbons (Fsp3) is 0.417. The van der Waals surface area contributed by atoms with Gasteiger partial charge >= 0.3 is 5.97 Å². The van der Waals surface area contributed by atoms with Crippen LogP contribution in [0.3, 0.4) is 0 Å². The van der Waals surface area contributed by atoms with E-state index in [0.717, 1.165) is 5.56 Å². The molecule has 0 unspecified atom stereocenters. The predicted octanol–water partition coefficient (Wildman–Crippen LogP) is 2.97. The van der Waals surface area contributed by atoms with E-state index >= 15 is 0 Å². The minimum Gasteiger partial charge on any atom is -0.481 e. The summed E-state index contributed by atoms with van der Waals surface area (Å²) >= 11 is 5.94. The summed E-state index contributed by atoms with van der Waals surface area (Å²) in [6.07, 6.45) is 0. The van der Waals surface area contributed by atoms with Gasteiger partial charge in [-0.1, -0.05) is 29.8 Å². The average Bonchev–Trinajstić information content (AvgIpc) is 2.20. The molecule has 88 valence electrons. The van der Waals surface area contributed by atoms with Gasteiger partial charge in [-0.3, -0.25) is 4.79 Å². The highest BCUT2D eigenvalue weighted by molar-refractivity contribution is 6.31. The molecule has 0 aliphatic rings. The number of carboxylic acid groups (broad SMARTS) is 1. The molecule has 0 aliphatic heterocycles. The molecule has 0 saturated carbocycles. The van der Waals surface area contributed by atoms with Crippen molar-refractivity contribution in [3.05, 3.63) is 34.9 Å². The topological polar surface area (TPSA) is 46.5 Å². The molecule has 16 heavy (non-hydrogen) atoms. The number of aliphatic carboxylic acids is 1. The summed E-state index contributed by atoms with van der Waals surface area (Å²) in [6.45, 7) is 3.74. The molecule has 0 spiro atoms. The van der Waals surface area contributed by atoms with Crippen LogP contribution < -0.4 is 0 Å². The molecule has 0 bridgehead atoms. The van der Waals surface area contributed by atoms with Crippen LogP contribution in [0.5, 0.6) is 0 Å². The highest BCUT2D eigenvalue weighted by atomic mass is 35.5. The molecule has 4 heteroatoms. The quantitative estimate of drug-likeness (QED) is 0.864. The van der Waals surface area contributed by atoms with Crippen LogP contribution in [0.2, 0.25) is 5.02 Å². The van der Waals surface area contributed by atoms with Gasteiger partial charge in [0.2, 0.25) is 0 Å². The van der Waals surface area contributed by atoms with Crippen LogP contribution in [0.1, 0.15) is 19.4 Å². The van der Waals surface area contributed by atoms with Crippen molar-refractivity contribution in [2.45, 2.75) is 20.5 Å². The van der Waals surface area contributed by atoms with Gasteiger partial charge in [0.05, 0.1) is 18.6 Å². The van der Waals surface area contributed by atoms with E-state index in [1.165, 1.54) is 0 Å². The Kier molecular flexibility index (Phi) is 4.33. The van der Waals surface area contributed by atoms with Crippen LogP contribution >= 0.6 is 11.6 Å². The molecule has 0 heterocycles.